The third kappa shape index (κ3) is 5.19. The first kappa shape index (κ1) is 21.5. The van der Waals surface area contributed by atoms with Crippen molar-refractivity contribution < 1.29 is 9.21 Å². The topological polar surface area (TPSA) is 91.1 Å². The maximum absolute atomic E-state index is 12.7. The van der Waals surface area contributed by atoms with Gasteiger partial charge in [0.25, 0.3) is 5.22 Å². The molecule has 1 aliphatic heterocycles. The number of fused-ring (bicyclic) bond motifs is 1. The number of imidazole rings is 1. The van der Waals surface area contributed by atoms with Crippen LogP contribution in [-0.2, 0) is 17.6 Å². The van der Waals surface area contributed by atoms with Crippen LogP contribution < -0.4 is 4.90 Å². The van der Waals surface area contributed by atoms with Crippen LogP contribution in [0.1, 0.15) is 17.3 Å². The van der Waals surface area contributed by atoms with Crippen molar-refractivity contribution in [2.75, 3.05) is 36.8 Å². The molecule has 170 valence electrons. The molecule has 0 aliphatic carbocycles. The van der Waals surface area contributed by atoms with Gasteiger partial charge in [-0.3, -0.25) is 4.79 Å². The molecule has 1 saturated heterocycles. The van der Waals surface area contributed by atoms with E-state index in [2.05, 4.69) is 56.3 Å². The van der Waals surface area contributed by atoms with E-state index in [1.165, 1.54) is 23.0 Å². The maximum Gasteiger partial charge on any atom is 0.277 e. The highest BCUT2D eigenvalue weighted by Crippen LogP contribution is 2.21. The number of para-hydroxylation sites is 2. The number of piperazine rings is 1. The van der Waals surface area contributed by atoms with Gasteiger partial charge in [-0.1, -0.05) is 36.0 Å². The molecule has 1 N–H and O–H groups in total. The molecule has 0 unspecified atom stereocenters. The number of hydrogen-bond acceptors (Lipinski definition) is 7. The summed E-state index contributed by atoms with van der Waals surface area (Å²) in [4.78, 5) is 24.8. The molecule has 2 aromatic carbocycles. The summed E-state index contributed by atoms with van der Waals surface area (Å²) in [5.74, 6) is 1.85. The Kier molecular flexibility index (Phi) is 6.30. The van der Waals surface area contributed by atoms with Gasteiger partial charge >= 0.3 is 0 Å². The zero-order valence-electron chi connectivity index (χ0n) is 18.5. The van der Waals surface area contributed by atoms with Gasteiger partial charge in [0.05, 0.1) is 16.8 Å². The van der Waals surface area contributed by atoms with Gasteiger partial charge < -0.3 is 19.2 Å². The van der Waals surface area contributed by atoms with E-state index in [4.69, 9.17) is 4.42 Å². The smallest absolute Gasteiger partial charge is 0.277 e. The van der Waals surface area contributed by atoms with Crippen LogP contribution in [0.2, 0.25) is 0 Å². The van der Waals surface area contributed by atoms with E-state index >= 15 is 0 Å². The number of carbonyl (C=O) groups is 1. The van der Waals surface area contributed by atoms with Crippen molar-refractivity contribution in [3.05, 3.63) is 65.8 Å². The highest BCUT2D eigenvalue weighted by atomic mass is 32.2. The number of aromatic nitrogens is 4. The minimum atomic E-state index is 0.103. The third-order valence-electron chi connectivity index (χ3n) is 5.78. The fourth-order valence-electron chi connectivity index (χ4n) is 4.00. The highest BCUT2D eigenvalue weighted by molar-refractivity contribution is 7.99. The lowest BCUT2D eigenvalue weighted by atomic mass is 10.2. The molecule has 1 fully saturated rings. The maximum atomic E-state index is 12.7. The van der Waals surface area contributed by atoms with Gasteiger partial charge in [-0.05, 0) is 36.8 Å². The number of amides is 1. The second kappa shape index (κ2) is 9.66. The van der Waals surface area contributed by atoms with Crippen molar-refractivity contribution in [2.24, 2.45) is 0 Å². The number of thioether (sulfide) groups is 1. The van der Waals surface area contributed by atoms with Crippen LogP contribution in [0.5, 0.6) is 0 Å². The number of benzene rings is 2. The molecule has 9 heteroatoms. The summed E-state index contributed by atoms with van der Waals surface area (Å²) in [6.07, 6.45) is 1.29. The molecular formula is C24H26N6O2S. The monoisotopic (exact) mass is 462 g/mol. The van der Waals surface area contributed by atoms with Gasteiger partial charge in [0.2, 0.25) is 11.8 Å². The highest BCUT2D eigenvalue weighted by Gasteiger charge is 2.22. The lowest BCUT2D eigenvalue weighted by Crippen LogP contribution is -2.49. The molecule has 3 heterocycles. The standard InChI is InChI=1S/C24H26N6O2S/c1-17-5-4-6-18(15-17)29-11-13-30(14-12-29)23(31)16-33-24-28-27-22(32-24)10-9-21-25-19-7-2-3-8-20(19)26-21/h2-8,15H,9-14,16H2,1H3,(H,25,26). The molecule has 4 aromatic rings. The first-order chi connectivity index (χ1) is 16.1. The molecule has 0 atom stereocenters. The molecule has 1 aliphatic rings. The Hall–Kier alpha value is -3.33. The van der Waals surface area contributed by atoms with Crippen LogP contribution in [0.4, 0.5) is 5.69 Å². The van der Waals surface area contributed by atoms with Gasteiger partial charge in [-0.15, -0.1) is 10.2 Å². The quantitative estimate of drug-likeness (QED) is 0.421. The SMILES string of the molecule is Cc1cccc(N2CCN(C(=O)CSc3nnc(CCc4nc5ccccc5[nH]4)o3)CC2)c1. The first-order valence-corrected chi connectivity index (χ1v) is 12.1. The van der Waals surface area contributed by atoms with Crippen LogP contribution in [0.3, 0.4) is 0 Å². The van der Waals surface area contributed by atoms with Crippen LogP contribution in [-0.4, -0.2) is 62.9 Å². The Bertz CT molecular complexity index is 1210. The number of nitrogens with zero attached hydrogens (tertiary/aromatic N) is 5. The third-order valence-corrected chi connectivity index (χ3v) is 6.58. The number of anilines is 1. The second-order valence-electron chi connectivity index (χ2n) is 8.16. The second-order valence-corrected chi connectivity index (χ2v) is 9.08. The summed E-state index contributed by atoms with van der Waals surface area (Å²) in [5, 5.41) is 8.63. The fraction of sp³-hybridized carbons (Fsp3) is 0.333. The number of carbonyl (C=O) groups excluding carboxylic acids is 1. The minimum Gasteiger partial charge on any atom is -0.416 e. The molecule has 0 radical (unpaired) electrons. The van der Waals surface area contributed by atoms with Crippen molar-refractivity contribution >= 4 is 34.4 Å². The molecule has 2 aromatic heterocycles. The minimum absolute atomic E-state index is 0.103. The lowest BCUT2D eigenvalue weighted by molar-refractivity contribution is -0.128. The van der Waals surface area contributed by atoms with Crippen molar-refractivity contribution in [1.29, 1.82) is 0 Å². The molecule has 33 heavy (non-hydrogen) atoms. The van der Waals surface area contributed by atoms with E-state index in [0.29, 0.717) is 29.7 Å². The number of hydrogen-bond donors (Lipinski definition) is 1. The lowest BCUT2D eigenvalue weighted by Gasteiger charge is -2.36. The molecule has 1 amide bonds. The van der Waals surface area contributed by atoms with E-state index < -0.39 is 0 Å². The van der Waals surface area contributed by atoms with Gasteiger partial charge in [0, 0.05) is 44.7 Å². The predicted molar refractivity (Wildman–Crippen MR) is 128 cm³/mol. The van der Waals surface area contributed by atoms with Gasteiger partial charge in [-0.2, -0.15) is 0 Å². The van der Waals surface area contributed by atoms with Crippen LogP contribution >= 0.6 is 11.8 Å². The van der Waals surface area contributed by atoms with Crippen molar-refractivity contribution in [3.8, 4) is 0 Å². The van der Waals surface area contributed by atoms with Crippen LogP contribution in [0.25, 0.3) is 11.0 Å². The Morgan fingerprint density at radius 2 is 1.91 bits per heavy atom. The van der Waals surface area contributed by atoms with Crippen molar-refractivity contribution in [1.82, 2.24) is 25.1 Å². The van der Waals surface area contributed by atoms with Crippen LogP contribution in [0.15, 0.2) is 58.2 Å². The van der Waals surface area contributed by atoms with E-state index in [1.807, 2.05) is 29.2 Å². The fourth-order valence-corrected chi connectivity index (χ4v) is 4.68. The Balaban J connectivity index is 1.08. The van der Waals surface area contributed by atoms with Crippen molar-refractivity contribution in [3.63, 3.8) is 0 Å². The average molecular weight is 463 g/mol. The molecule has 0 bridgehead atoms. The number of aryl methyl sites for hydroxylation is 3. The van der Waals surface area contributed by atoms with E-state index in [-0.39, 0.29) is 5.91 Å². The molecular weight excluding hydrogens is 436 g/mol. The van der Waals surface area contributed by atoms with E-state index in [1.54, 1.807) is 0 Å². The van der Waals surface area contributed by atoms with E-state index in [0.717, 1.165) is 43.0 Å². The molecule has 0 saturated carbocycles. The summed E-state index contributed by atoms with van der Waals surface area (Å²) < 4.78 is 5.72. The van der Waals surface area contributed by atoms with Crippen molar-refractivity contribution in [2.45, 2.75) is 25.0 Å². The number of aromatic amines is 1. The normalized spacial score (nSPS) is 14.2. The van der Waals surface area contributed by atoms with Crippen LogP contribution in [0, 0.1) is 6.92 Å². The summed E-state index contributed by atoms with van der Waals surface area (Å²) in [6, 6.07) is 16.4. The number of H-pyrrole nitrogens is 1. The van der Waals surface area contributed by atoms with Gasteiger partial charge in [0.1, 0.15) is 5.82 Å². The number of rotatable bonds is 7. The Morgan fingerprint density at radius 1 is 1.06 bits per heavy atom. The molecule has 5 rings (SSSR count). The van der Waals surface area contributed by atoms with Gasteiger partial charge in [-0.25, -0.2) is 4.98 Å². The Morgan fingerprint density at radius 3 is 2.73 bits per heavy atom. The van der Waals surface area contributed by atoms with E-state index in [9.17, 15) is 4.79 Å². The summed E-state index contributed by atoms with van der Waals surface area (Å²) in [6.45, 7) is 5.22. The molecule has 0 spiro atoms. The Labute approximate surface area is 196 Å². The van der Waals surface area contributed by atoms with Gasteiger partial charge in [0.15, 0.2) is 0 Å². The molecule has 8 nitrogen and oxygen atoms in total. The first-order valence-electron chi connectivity index (χ1n) is 11.1. The largest absolute Gasteiger partial charge is 0.416 e. The summed E-state index contributed by atoms with van der Waals surface area (Å²) >= 11 is 1.30. The predicted octanol–water partition coefficient (Wildman–Crippen LogP) is 3.48. The summed E-state index contributed by atoms with van der Waals surface area (Å²) in [7, 11) is 0. The zero-order valence-corrected chi connectivity index (χ0v) is 19.3. The summed E-state index contributed by atoms with van der Waals surface area (Å²) in [5.41, 5.74) is 4.44. The average Bonchev–Trinajstić information content (AvgIpc) is 3.47. The number of nitrogens with one attached hydrogen (secondary N) is 1. The zero-order chi connectivity index (χ0) is 22.6.